The summed E-state index contributed by atoms with van der Waals surface area (Å²) in [6, 6.07) is 0.146. The lowest BCUT2D eigenvalue weighted by Gasteiger charge is -2.13. The number of hydrogen-bond acceptors (Lipinski definition) is 2. The van der Waals surface area contributed by atoms with Crippen LogP contribution in [0.3, 0.4) is 0 Å². The van der Waals surface area contributed by atoms with Crippen LogP contribution < -0.4 is 5.32 Å². The molecule has 17 heavy (non-hydrogen) atoms. The molecule has 1 heterocycles. The van der Waals surface area contributed by atoms with E-state index in [0.717, 1.165) is 36.1 Å². The summed E-state index contributed by atoms with van der Waals surface area (Å²) in [6.07, 6.45) is 7.59. The Kier molecular flexibility index (Phi) is 5.73. The number of aromatic nitrogens is 2. The molecule has 0 amide bonds. The van der Waals surface area contributed by atoms with Crippen molar-refractivity contribution in [2.45, 2.75) is 52.7 Å². The quantitative estimate of drug-likeness (QED) is 0.818. The largest absolute Gasteiger partial charge is 0.298 e. The van der Waals surface area contributed by atoms with Crippen LogP contribution in [0.1, 0.15) is 38.1 Å². The van der Waals surface area contributed by atoms with Gasteiger partial charge in [0.15, 0.2) is 0 Å². The first kappa shape index (κ1) is 14.3. The Hall–Kier alpha value is -0.790. The molecule has 4 heteroatoms. The van der Waals surface area contributed by atoms with Crippen LogP contribution >= 0.6 is 15.9 Å². The molecule has 0 aliphatic heterocycles. The van der Waals surface area contributed by atoms with Crippen LogP contribution in [0.2, 0.25) is 0 Å². The predicted octanol–water partition coefficient (Wildman–Crippen LogP) is 2.87. The van der Waals surface area contributed by atoms with Crippen LogP contribution in [-0.4, -0.2) is 15.8 Å². The van der Waals surface area contributed by atoms with Crippen molar-refractivity contribution in [2.75, 3.05) is 0 Å². The first-order chi connectivity index (χ1) is 8.13. The highest BCUT2D eigenvalue weighted by atomic mass is 79.9. The van der Waals surface area contributed by atoms with Crippen LogP contribution in [0.15, 0.2) is 4.47 Å². The summed E-state index contributed by atoms with van der Waals surface area (Å²) in [6.45, 7) is 7.86. The van der Waals surface area contributed by atoms with E-state index in [2.05, 4.69) is 46.1 Å². The standard InChI is InChI=1S/C13H20BrN3/c1-5-8-11(6-2)15-9-12-13(14)10(4)16-17(12)7-3/h2,11,15H,5,7-9H2,1,3-4H3. The Labute approximate surface area is 112 Å². The van der Waals surface area contributed by atoms with Gasteiger partial charge >= 0.3 is 0 Å². The van der Waals surface area contributed by atoms with Crippen LogP contribution in [-0.2, 0) is 13.1 Å². The Morgan fingerprint density at radius 1 is 1.53 bits per heavy atom. The second-order valence-electron chi connectivity index (χ2n) is 4.05. The van der Waals surface area contributed by atoms with Gasteiger partial charge in [0, 0.05) is 13.1 Å². The van der Waals surface area contributed by atoms with Gasteiger partial charge < -0.3 is 0 Å². The van der Waals surface area contributed by atoms with E-state index in [4.69, 9.17) is 6.42 Å². The average molecular weight is 298 g/mol. The highest BCUT2D eigenvalue weighted by Crippen LogP contribution is 2.20. The van der Waals surface area contributed by atoms with Crippen LogP contribution in [0.4, 0.5) is 0 Å². The van der Waals surface area contributed by atoms with E-state index in [1.165, 1.54) is 5.69 Å². The van der Waals surface area contributed by atoms with Crippen LogP contribution in [0.5, 0.6) is 0 Å². The number of rotatable bonds is 6. The first-order valence-corrected chi connectivity index (χ1v) is 6.84. The van der Waals surface area contributed by atoms with Crippen molar-refractivity contribution < 1.29 is 0 Å². The summed E-state index contributed by atoms with van der Waals surface area (Å²) < 4.78 is 3.09. The van der Waals surface area contributed by atoms with Gasteiger partial charge in [-0.25, -0.2) is 0 Å². The van der Waals surface area contributed by atoms with Gasteiger partial charge in [0.05, 0.1) is 21.9 Å². The van der Waals surface area contributed by atoms with Gasteiger partial charge in [-0.3, -0.25) is 10.00 Å². The van der Waals surface area contributed by atoms with Gasteiger partial charge in [-0.2, -0.15) is 5.10 Å². The normalized spacial score (nSPS) is 12.4. The van der Waals surface area contributed by atoms with Crippen molar-refractivity contribution in [3.8, 4) is 12.3 Å². The van der Waals surface area contributed by atoms with Crippen molar-refractivity contribution >= 4 is 15.9 Å². The number of halogens is 1. The van der Waals surface area contributed by atoms with Gasteiger partial charge in [-0.05, 0) is 36.2 Å². The molecule has 1 rings (SSSR count). The van der Waals surface area contributed by atoms with Crippen molar-refractivity contribution in [1.82, 2.24) is 15.1 Å². The zero-order valence-corrected chi connectivity index (χ0v) is 12.3. The third-order valence-corrected chi connectivity index (χ3v) is 3.78. The van der Waals surface area contributed by atoms with Gasteiger partial charge in [0.1, 0.15) is 0 Å². The van der Waals surface area contributed by atoms with E-state index in [9.17, 15) is 0 Å². The Morgan fingerprint density at radius 3 is 2.76 bits per heavy atom. The summed E-state index contributed by atoms with van der Waals surface area (Å²) in [5.74, 6) is 2.78. The minimum absolute atomic E-state index is 0.146. The van der Waals surface area contributed by atoms with E-state index < -0.39 is 0 Å². The van der Waals surface area contributed by atoms with Gasteiger partial charge in [0.2, 0.25) is 0 Å². The maximum absolute atomic E-state index is 5.49. The van der Waals surface area contributed by atoms with Crippen LogP contribution in [0.25, 0.3) is 0 Å². The molecule has 0 bridgehead atoms. The second kappa shape index (κ2) is 6.83. The van der Waals surface area contributed by atoms with Gasteiger partial charge in [0.25, 0.3) is 0 Å². The smallest absolute Gasteiger partial charge is 0.0739 e. The second-order valence-corrected chi connectivity index (χ2v) is 4.84. The molecule has 1 aromatic heterocycles. The lowest BCUT2D eigenvalue weighted by molar-refractivity contribution is 0.527. The molecule has 0 spiro atoms. The summed E-state index contributed by atoms with van der Waals surface area (Å²) >= 11 is 3.58. The summed E-state index contributed by atoms with van der Waals surface area (Å²) in [5.41, 5.74) is 2.19. The highest BCUT2D eigenvalue weighted by Gasteiger charge is 2.13. The predicted molar refractivity (Wildman–Crippen MR) is 74.7 cm³/mol. The number of nitrogens with zero attached hydrogens (tertiary/aromatic N) is 2. The molecule has 94 valence electrons. The van der Waals surface area contributed by atoms with Gasteiger partial charge in [-0.15, -0.1) is 6.42 Å². The Balaban J connectivity index is 2.71. The summed E-state index contributed by atoms with van der Waals surface area (Å²) in [7, 11) is 0. The fourth-order valence-electron chi connectivity index (χ4n) is 1.79. The molecule has 0 saturated carbocycles. The molecule has 1 N–H and O–H groups in total. The number of hydrogen-bond donors (Lipinski definition) is 1. The van der Waals surface area contributed by atoms with Crippen molar-refractivity contribution in [3.63, 3.8) is 0 Å². The molecule has 3 nitrogen and oxygen atoms in total. The number of terminal acetylenes is 1. The average Bonchev–Trinajstić information content (AvgIpc) is 2.61. The molecule has 0 aliphatic carbocycles. The lowest BCUT2D eigenvalue weighted by atomic mass is 10.2. The Bertz CT molecular complexity index is 404. The van der Waals surface area contributed by atoms with E-state index in [1.54, 1.807) is 0 Å². The fourth-order valence-corrected chi connectivity index (χ4v) is 2.21. The maximum Gasteiger partial charge on any atom is 0.0739 e. The summed E-state index contributed by atoms with van der Waals surface area (Å²) in [5, 5.41) is 7.85. The fraction of sp³-hybridized carbons (Fsp3) is 0.615. The molecule has 1 aromatic rings. The molecule has 0 aromatic carbocycles. The Morgan fingerprint density at radius 2 is 2.24 bits per heavy atom. The van der Waals surface area contributed by atoms with Crippen molar-refractivity contribution in [1.29, 1.82) is 0 Å². The van der Waals surface area contributed by atoms with Crippen molar-refractivity contribution in [2.24, 2.45) is 0 Å². The van der Waals surface area contributed by atoms with E-state index in [0.29, 0.717) is 0 Å². The maximum atomic E-state index is 5.49. The van der Waals surface area contributed by atoms with E-state index in [1.807, 2.05) is 11.6 Å². The van der Waals surface area contributed by atoms with Crippen LogP contribution in [0, 0.1) is 19.3 Å². The third kappa shape index (κ3) is 3.58. The zero-order chi connectivity index (χ0) is 12.8. The molecule has 0 radical (unpaired) electrons. The summed E-state index contributed by atoms with van der Waals surface area (Å²) in [4.78, 5) is 0. The lowest BCUT2D eigenvalue weighted by Crippen LogP contribution is -2.28. The molecule has 1 atom stereocenters. The van der Waals surface area contributed by atoms with E-state index in [-0.39, 0.29) is 6.04 Å². The minimum atomic E-state index is 0.146. The zero-order valence-electron chi connectivity index (χ0n) is 10.8. The monoisotopic (exact) mass is 297 g/mol. The molecular formula is C13H20BrN3. The first-order valence-electron chi connectivity index (χ1n) is 6.05. The SMILES string of the molecule is C#CC(CCC)NCc1c(Br)c(C)nn1CC. The van der Waals surface area contributed by atoms with E-state index >= 15 is 0 Å². The topological polar surface area (TPSA) is 29.9 Å². The molecule has 0 aliphatic rings. The molecule has 0 saturated heterocycles. The number of nitrogens with one attached hydrogen (secondary N) is 1. The van der Waals surface area contributed by atoms with Crippen molar-refractivity contribution in [3.05, 3.63) is 15.9 Å². The minimum Gasteiger partial charge on any atom is -0.298 e. The molecule has 0 fully saturated rings. The molecule has 1 unspecified atom stereocenters. The third-order valence-electron chi connectivity index (χ3n) is 2.75. The van der Waals surface area contributed by atoms with Gasteiger partial charge in [-0.1, -0.05) is 19.3 Å². The highest BCUT2D eigenvalue weighted by molar-refractivity contribution is 9.10. The number of aryl methyl sites for hydroxylation is 2. The molecular weight excluding hydrogens is 278 g/mol.